The van der Waals surface area contributed by atoms with Crippen LogP contribution < -0.4 is 5.56 Å². The summed E-state index contributed by atoms with van der Waals surface area (Å²) >= 11 is 0. The minimum Gasteiger partial charge on any atom is -0.309 e. The van der Waals surface area contributed by atoms with Crippen molar-refractivity contribution in [3.8, 4) is 0 Å². The molecular weight excluding hydrogens is 202 g/mol. The van der Waals surface area contributed by atoms with Crippen LogP contribution in [0.2, 0.25) is 0 Å². The van der Waals surface area contributed by atoms with Crippen LogP contribution >= 0.6 is 0 Å². The summed E-state index contributed by atoms with van der Waals surface area (Å²) in [6.45, 7) is 5.59. The highest BCUT2D eigenvalue weighted by molar-refractivity contribution is 5.93. The van der Waals surface area contributed by atoms with E-state index in [9.17, 15) is 9.59 Å². The van der Waals surface area contributed by atoms with Gasteiger partial charge in [0, 0.05) is 11.7 Å². The standard InChI is InChI=1S/C13H17NO2/c1-8(2)12-7-6-11(9(3)15)13(16)14(12)10-4-5-10/h6-8,10H,4-5H2,1-3H3. The minimum absolute atomic E-state index is 0.110. The van der Waals surface area contributed by atoms with Crippen molar-refractivity contribution in [2.24, 2.45) is 0 Å². The average molecular weight is 219 g/mol. The van der Waals surface area contributed by atoms with Crippen molar-refractivity contribution in [3.63, 3.8) is 0 Å². The van der Waals surface area contributed by atoms with Gasteiger partial charge in [-0.25, -0.2) is 0 Å². The Morgan fingerprint density at radius 3 is 2.44 bits per heavy atom. The van der Waals surface area contributed by atoms with Crippen molar-refractivity contribution in [1.29, 1.82) is 0 Å². The Morgan fingerprint density at radius 1 is 1.38 bits per heavy atom. The fraction of sp³-hybridized carbons (Fsp3) is 0.538. The summed E-state index contributed by atoms with van der Waals surface area (Å²) in [6.07, 6.45) is 2.11. The highest BCUT2D eigenvalue weighted by Crippen LogP contribution is 2.36. The summed E-state index contributed by atoms with van der Waals surface area (Å²) in [5.74, 6) is 0.170. The van der Waals surface area contributed by atoms with Gasteiger partial charge in [-0.1, -0.05) is 13.8 Å². The van der Waals surface area contributed by atoms with Crippen molar-refractivity contribution in [1.82, 2.24) is 4.57 Å². The second-order valence-electron chi connectivity index (χ2n) is 4.79. The fourth-order valence-corrected chi connectivity index (χ4v) is 2.02. The molecule has 0 atom stereocenters. The lowest BCUT2D eigenvalue weighted by molar-refractivity contribution is 0.101. The number of Topliss-reactive ketones (excluding diaryl/α,β-unsaturated/α-hetero) is 1. The van der Waals surface area contributed by atoms with Crippen molar-refractivity contribution in [2.45, 2.75) is 45.6 Å². The molecule has 1 aliphatic rings. The van der Waals surface area contributed by atoms with Gasteiger partial charge in [-0.3, -0.25) is 9.59 Å². The van der Waals surface area contributed by atoms with Crippen LogP contribution in [0.1, 0.15) is 61.6 Å². The first kappa shape index (κ1) is 11.1. The van der Waals surface area contributed by atoms with Gasteiger partial charge in [0.15, 0.2) is 5.78 Å². The third-order valence-corrected chi connectivity index (χ3v) is 3.03. The van der Waals surface area contributed by atoms with Crippen LogP contribution in [0.3, 0.4) is 0 Å². The highest BCUT2D eigenvalue weighted by atomic mass is 16.1. The smallest absolute Gasteiger partial charge is 0.261 e. The quantitative estimate of drug-likeness (QED) is 0.733. The third kappa shape index (κ3) is 1.82. The van der Waals surface area contributed by atoms with Crippen LogP contribution in [0.25, 0.3) is 0 Å². The van der Waals surface area contributed by atoms with E-state index < -0.39 is 0 Å². The zero-order chi connectivity index (χ0) is 11.9. The molecule has 0 bridgehead atoms. The van der Waals surface area contributed by atoms with Crippen molar-refractivity contribution in [2.75, 3.05) is 0 Å². The molecule has 0 aromatic carbocycles. The van der Waals surface area contributed by atoms with Crippen molar-refractivity contribution in [3.05, 3.63) is 33.7 Å². The maximum absolute atomic E-state index is 12.2. The molecule has 1 aliphatic carbocycles. The number of pyridine rings is 1. The molecule has 3 nitrogen and oxygen atoms in total. The molecule has 1 fully saturated rings. The summed E-state index contributed by atoms with van der Waals surface area (Å²) in [7, 11) is 0. The van der Waals surface area contributed by atoms with E-state index in [0.29, 0.717) is 17.5 Å². The Hall–Kier alpha value is -1.38. The predicted octanol–water partition coefficient (Wildman–Crippen LogP) is 2.51. The van der Waals surface area contributed by atoms with Gasteiger partial charge >= 0.3 is 0 Å². The summed E-state index contributed by atoms with van der Waals surface area (Å²) in [5.41, 5.74) is 1.25. The summed E-state index contributed by atoms with van der Waals surface area (Å²) in [4.78, 5) is 23.5. The van der Waals surface area contributed by atoms with Crippen LogP contribution in [0.15, 0.2) is 16.9 Å². The Morgan fingerprint density at radius 2 is 2.00 bits per heavy atom. The first-order chi connectivity index (χ1) is 7.52. The largest absolute Gasteiger partial charge is 0.309 e. The van der Waals surface area contributed by atoms with Crippen LogP contribution in [0.5, 0.6) is 0 Å². The number of rotatable bonds is 3. The van der Waals surface area contributed by atoms with Gasteiger partial charge in [0.1, 0.15) is 0 Å². The van der Waals surface area contributed by atoms with Crippen molar-refractivity contribution >= 4 is 5.78 Å². The first-order valence-corrected chi connectivity index (χ1v) is 5.78. The normalized spacial score (nSPS) is 15.5. The van der Waals surface area contributed by atoms with Crippen molar-refractivity contribution < 1.29 is 4.79 Å². The molecule has 2 rings (SSSR count). The van der Waals surface area contributed by atoms with Crippen LogP contribution in [-0.4, -0.2) is 10.4 Å². The predicted molar refractivity (Wildman–Crippen MR) is 63.1 cm³/mol. The number of carbonyl (C=O) groups excluding carboxylic acids is 1. The zero-order valence-corrected chi connectivity index (χ0v) is 9.99. The number of ketones is 1. The van der Waals surface area contributed by atoms with E-state index in [0.717, 1.165) is 18.5 Å². The lowest BCUT2D eigenvalue weighted by Gasteiger charge is -2.15. The van der Waals surface area contributed by atoms with Crippen LogP contribution in [0.4, 0.5) is 0 Å². The summed E-state index contributed by atoms with van der Waals surface area (Å²) in [5, 5.41) is 0. The van der Waals surface area contributed by atoms with Gasteiger partial charge in [-0.15, -0.1) is 0 Å². The average Bonchev–Trinajstić information content (AvgIpc) is 2.99. The molecule has 0 radical (unpaired) electrons. The molecule has 0 spiro atoms. The highest BCUT2D eigenvalue weighted by Gasteiger charge is 2.28. The fourth-order valence-electron chi connectivity index (χ4n) is 2.02. The molecular formula is C13H17NO2. The monoisotopic (exact) mass is 219 g/mol. The van der Waals surface area contributed by atoms with E-state index in [1.165, 1.54) is 6.92 Å². The minimum atomic E-state index is -0.144. The van der Waals surface area contributed by atoms with Gasteiger partial charge in [0.25, 0.3) is 5.56 Å². The SMILES string of the molecule is CC(=O)c1ccc(C(C)C)n(C2CC2)c1=O. The van der Waals surface area contributed by atoms with Gasteiger partial charge in [-0.05, 0) is 37.8 Å². The molecule has 1 aromatic rings. The molecule has 3 heteroatoms. The summed E-state index contributed by atoms with van der Waals surface area (Å²) in [6, 6.07) is 3.91. The van der Waals surface area contributed by atoms with E-state index in [2.05, 4.69) is 13.8 Å². The molecule has 16 heavy (non-hydrogen) atoms. The Balaban J connectivity index is 2.63. The Labute approximate surface area is 95.1 Å². The number of aromatic nitrogens is 1. The van der Waals surface area contributed by atoms with Gasteiger partial charge < -0.3 is 4.57 Å². The Kier molecular flexibility index (Phi) is 2.70. The van der Waals surface area contributed by atoms with Gasteiger partial charge in [0.05, 0.1) is 5.56 Å². The summed E-state index contributed by atoms with van der Waals surface area (Å²) < 4.78 is 1.82. The lowest BCUT2D eigenvalue weighted by Crippen LogP contribution is -2.28. The first-order valence-electron chi connectivity index (χ1n) is 5.78. The van der Waals surface area contributed by atoms with Gasteiger partial charge in [-0.2, -0.15) is 0 Å². The van der Waals surface area contributed by atoms with E-state index >= 15 is 0 Å². The topological polar surface area (TPSA) is 39.1 Å². The van der Waals surface area contributed by atoms with E-state index in [-0.39, 0.29) is 11.3 Å². The molecule has 1 heterocycles. The molecule has 0 amide bonds. The molecule has 0 unspecified atom stereocenters. The van der Waals surface area contributed by atoms with Gasteiger partial charge in [0.2, 0.25) is 0 Å². The van der Waals surface area contributed by atoms with E-state index in [4.69, 9.17) is 0 Å². The maximum Gasteiger partial charge on any atom is 0.261 e. The molecule has 86 valence electrons. The number of hydrogen-bond acceptors (Lipinski definition) is 2. The second kappa shape index (κ2) is 3.89. The lowest BCUT2D eigenvalue weighted by atomic mass is 10.1. The Bertz CT molecular complexity index is 481. The maximum atomic E-state index is 12.2. The van der Waals surface area contributed by atoms with E-state index in [1.807, 2.05) is 10.6 Å². The van der Waals surface area contributed by atoms with Crippen LogP contribution in [0, 0.1) is 0 Å². The zero-order valence-electron chi connectivity index (χ0n) is 9.99. The van der Waals surface area contributed by atoms with E-state index in [1.54, 1.807) is 6.07 Å². The number of nitrogens with zero attached hydrogens (tertiary/aromatic N) is 1. The van der Waals surface area contributed by atoms with Crippen LogP contribution in [-0.2, 0) is 0 Å². The molecule has 1 aromatic heterocycles. The molecule has 0 saturated heterocycles. The molecule has 1 saturated carbocycles. The third-order valence-electron chi connectivity index (χ3n) is 3.03. The molecule has 0 N–H and O–H groups in total. The molecule has 0 aliphatic heterocycles. The second-order valence-corrected chi connectivity index (χ2v) is 4.79. The number of hydrogen-bond donors (Lipinski definition) is 0. The number of carbonyl (C=O) groups is 1.